The predicted octanol–water partition coefficient (Wildman–Crippen LogP) is 2.70. The van der Waals surface area contributed by atoms with E-state index in [9.17, 15) is 0 Å². The van der Waals surface area contributed by atoms with Gasteiger partial charge in [-0.3, -0.25) is 4.90 Å². The SMILES string of the molecule is CCN(CCCN(C)C)Cc1cc(N)cc(Cl)c1. The van der Waals surface area contributed by atoms with Gasteiger partial charge >= 0.3 is 0 Å². The molecule has 0 aromatic heterocycles. The van der Waals surface area contributed by atoms with E-state index in [2.05, 4.69) is 30.8 Å². The number of rotatable bonds is 7. The summed E-state index contributed by atoms with van der Waals surface area (Å²) in [4.78, 5) is 4.62. The van der Waals surface area contributed by atoms with Crippen LogP contribution in [0.15, 0.2) is 18.2 Å². The second kappa shape index (κ2) is 7.62. The van der Waals surface area contributed by atoms with E-state index in [0.29, 0.717) is 5.02 Å². The van der Waals surface area contributed by atoms with Gasteiger partial charge in [-0.2, -0.15) is 0 Å². The lowest BCUT2D eigenvalue weighted by Crippen LogP contribution is -2.26. The number of halogens is 1. The smallest absolute Gasteiger partial charge is 0.0429 e. The average Bonchev–Trinajstić information content (AvgIpc) is 2.25. The van der Waals surface area contributed by atoms with Gasteiger partial charge in [0, 0.05) is 17.3 Å². The van der Waals surface area contributed by atoms with Gasteiger partial charge in [-0.25, -0.2) is 0 Å². The minimum Gasteiger partial charge on any atom is -0.399 e. The summed E-state index contributed by atoms with van der Waals surface area (Å²) in [6.45, 7) is 6.35. The van der Waals surface area contributed by atoms with Gasteiger partial charge in [-0.05, 0) is 63.9 Å². The van der Waals surface area contributed by atoms with Crippen molar-refractivity contribution >= 4 is 17.3 Å². The van der Waals surface area contributed by atoms with Gasteiger partial charge in [0.25, 0.3) is 0 Å². The van der Waals surface area contributed by atoms with Crippen LogP contribution in [0.3, 0.4) is 0 Å². The van der Waals surface area contributed by atoms with Gasteiger partial charge in [0.2, 0.25) is 0 Å². The van der Waals surface area contributed by atoms with Crippen molar-refractivity contribution in [2.45, 2.75) is 19.9 Å². The highest BCUT2D eigenvalue weighted by molar-refractivity contribution is 6.30. The first-order valence-corrected chi connectivity index (χ1v) is 6.81. The first-order chi connectivity index (χ1) is 8.51. The van der Waals surface area contributed by atoms with Crippen LogP contribution < -0.4 is 5.73 Å². The van der Waals surface area contributed by atoms with Gasteiger partial charge in [0.1, 0.15) is 0 Å². The molecule has 0 aliphatic heterocycles. The number of nitrogens with zero attached hydrogens (tertiary/aromatic N) is 2. The lowest BCUT2D eigenvalue weighted by Gasteiger charge is -2.21. The standard InChI is InChI=1S/C14H24ClN3/c1-4-18(7-5-6-17(2)3)11-12-8-13(15)10-14(16)9-12/h8-10H,4-7,11,16H2,1-3H3. The third-order valence-corrected chi connectivity index (χ3v) is 3.13. The zero-order valence-corrected chi connectivity index (χ0v) is 12.4. The van der Waals surface area contributed by atoms with Crippen LogP contribution in [0.4, 0.5) is 5.69 Å². The van der Waals surface area contributed by atoms with Gasteiger partial charge < -0.3 is 10.6 Å². The number of hydrogen-bond donors (Lipinski definition) is 1. The number of anilines is 1. The lowest BCUT2D eigenvalue weighted by molar-refractivity contribution is 0.259. The maximum atomic E-state index is 6.02. The minimum absolute atomic E-state index is 0.717. The largest absolute Gasteiger partial charge is 0.399 e. The summed E-state index contributed by atoms with van der Waals surface area (Å²) in [6.07, 6.45) is 1.18. The van der Waals surface area contributed by atoms with Crippen LogP contribution in [0.1, 0.15) is 18.9 Å². The third kappa shape index (κ3) is 5.71. The summed E-state index contributed by atoms with van der Waals surface area (Å²) in [5.74, 6) is 0. The molecule has 1 aromatic carbocycles. The van der Waals surface area contributed by atoms with Crippen LogP contribution in [-0.2, 0) is 6.54 Å². The Morgan fingerprint density at radius 1 is 1.17 bits per heavy atom. The molecule has 2 N–H and O–H groups in total. The highest BCUT2D eigenvalue weighted by Gasteiger charge is 2.05. The number of nitrogens with two attached hydrogens (primary N) is 1. The molecule has 0 radical (unpaired) electrons. The van der Waals surface area contributed by atoms with Crippen molar-refractivity contribution in [3.63, 3.8) is 0 Å². The maximum Gasteiger partial charge on any atom is 0.0429 e. The summed E-state index contributed by atoms with van der Waals surface area (Å²) >= 11 is 6.02. The Morgan fingerprint density at radius 2 is 1.89 bits per heavy atom. The molecule has 0 unspecified atom stereocenters. The van der Waals surface area contributed by atoms with E-state index in [4.69, 9.17) is 17.3 Å². The Bertz CT molecular complexity index is 346. The number of hydrogen-bond acceptors (Lipinski definition) is 3. The van der Waals surface area contributed by atoms with Gasteiger partial charge in [0.15, 0.2) is 0 Å². The van der Waals surface area contributed by atoms with Crippen LogP contribution >= 0.6 is 11.6 Å². The summed E-state index contributed by atoms with van der Waals surface area (Å²) < 4.78 is 0. The Balaban J connectivity index is 2.51. The molecule has 0 aliphatic carbocycles. The van der Waals surface area contributed by atoms with Crippen molar-refractivity contribution in [1.29, 1.82) is 0 Å². The fraction of sp³-hybridized carbons (Fsp3) is 0.571. The quantitative estimate of drug-likeness (QED) is 0.773. The van der Waals surface area contributed by atoms with Gasteiger partial charge in [0.05, 0.1) is 0 Å². The lowest BCUT2D eigenvalue weighted by atomic mass is 10.2. The van der Waals surface area contributed by atoms with E-state index in [1.54, 1.807) is 6.07 Å². The van der Waals surface area contributed by atoms with Crippen LogP contribution in [0.5, 0.6) is 0 Å². The first-order valence-electron chi connectivity index (χ1n) is 6.43. The molecule has 0 bridgehead atoms. The highest BCUT2D eigenvalue weighted by Crippen LogP contribution is 2.18. The van der Waals surface area contributed by atoms with E-state index in [0.717, 1.165) is 31.9 Å². The first kappa shape index (κ1) is 15.3. The molecule has 0 spiro atoms. The van der Waals surface area contributed by atoms with Crippen LogP contribution in [0.25, 0.3) is 0 Å². The minimum atomic E-state index is 0.717. The maximum absolute atomic E-state index is 6.02. The van der Waals surface area contributed by atoms with Crippen LogP contribution in [0, 0.1) is 0 Å². The summed E-state index contributed by atoms with van der Waals surface area (Å²) in [7, 11) is 4.21. The highest BCUT2D eigenvalue weighted by atomic mass is 35.5. The second-order valence-electron chi connectivity index (χ2n) is 4.92. The molecule has 0 heterocycles. The van der Waals surface area contributed by atoms with E-state index in [-0.39, 0.29) is 0 Å². The zero-order chi connectivity index (χ0) is 13.5. The molecule has 102 valence electrons. The molecule has 0 amide bonds. The average molecular weight is 270 g/mol. The van der Waals surface area contributed by atoms with Crippen LogP contribution in [0.2, 0.25) is 5.02 Å². The molecular weight excluding hydrogens is 246 g/mol. The molecule has 0 saturated heterocycles. The molecule has 1 aromatic rings. The molecule has 0 saturated carbocycles. The Morgan fingerprint density at radius 3 is 2.44 bits per heavy atom. The van der Waals surface area contributed by atoms with E-state index in [1.165, 1.54) is 12.0 Å². The molecule has 4 heteroatoms. The summed E-state index contributed by atoms with van der Waals surface area (Å²) in [5.41, 5.74) is 7.73. The predicted molar refractivity (Wildman–Crippen MR) is 80.0 cm³/mol. The molecule has 0 fully saturated rings. The second-order valence-corrected chi connectivity index (χ2v) is 5.35. The number of nitrogen functional groups attached to an aromatic ring is 1. The Hall–Kier alpha value is -0.770. The monoisotopic (exact) mass is 269 g/mol. The van der Waals surface area contributed by atoms with Crippen molar-refractivity contribution in [3.05, 3.63) is 28.8 Å². The van der Waals surface area contributed by atoms with Crippen LogP contribution in [-0.4, -0.2) is 43.5 Å². The van der Waals surface area contributed by atoms with Gasteiger partial charge in [-0.15, -0.1) is 0 Å². The van der Waals surface area contributed by atoms with Crippen molar-refractivity contribution < 1.29 is 0 Å². The van der Waals surface area contributed by atoms with Crippen molar-refractivity contribution in [2.24, 2.45) is 0 Å². The van der Waals surface area contributed by atoms with Crippen molar-refractivity contribution in [3.8, 4) is 0 Å². The summed E-state index contributed by atoms with van der Waals surface area (Å²) in [5, 5.41) is 0.717. The normalized spacial score (nSPS) is 11.4. The van der Waals surface area contributed by atoms with Gasteiger partial charge in [-0.1, -0.05) is 18.5 Å². The van der Waals surface area contributed by atoms with Crippen molar-refractivity contribution in [1.82, 2.24) is 9.80 Å². The number of benzene rings is 1. The van der Waals surface area contributed by atoms with E-state index in [1.807, 2.05) is 12.1 Å². The zero-order valence-electron chi connectivity index (χ0n) is 11.6. The van der Waals surface area contributed by atoms with E-state index < -0.39 is 0 Å². The third-order valence-electron chi connectivity index (χ3n) is 2.91. The topological polar surface area (TPSA) is 32.5 Å². The molecule has 0 aliphatic rings. The summed E-state index contributed by atoms with van der Waals surface area (Å²) in [6, 6.07) is 5.78. The molecule has 18 heavy (non-hydrogen) atoms. The fourth-order valence-electron chi connectivity index (χ4n) is 1.98. The molecule has 3 nitrogen and oxygen atoms in total. The Kier molecular flexibility index (Phi) is 6.47. The van der Waals surface area contributed by atoms with E-state index >= 15 is 0 Å². The molecule has 1 rings (SSSR count). The van der Waals surface area contributed by atoms with Crippen molar-refractivity contribution in [2.75, 3.05) is 39.5 Å². The fourth-order valence-corrected chi connectivity index (χ4v) is 2.25. The Labute approximate surface area is 116 Å². The molecule has 0 atom stereocenters. The molecular formula is C14H24ClN3.